The molecule has 0 bridgehead atoms. The first kappa shape index (κ1) is 10.7. The van der Waals surface area contributed by atoms with Gasteiger partial charge in [-0.3, -0.25) is 14.8 Å². The van der Waals surface area contributed by atoms with Gasteiger partial charge in [-0.25, -0.2) is 4.98 Å². The van der Waals surface area contributed by atoms with Crippen LogP contribution in [0.15, 0.2) is 24.0 Å². The Kier molecular flexibility index (Phi) is 3.21. The molecule has 6 heteroatoms. The van der Waals surface area contributed by atoms with E-state index in [0.29, 0.717) is 12.2 Å². The summed E-state index contributed by atoms with van der Waals surface area (Å²) in [6.45, 7) is 2.23. The third-order valence-electron chi connectivity index (χ3n) is 1.90. The van der Waals surface area contributed by atoms with Crippen molar-refractivity contribution in [1.82, 2.24) is 20.3 Å². The zero-order valence-electron chi connectivity index (χ0n) is 8.67. The van der Waals surface area contributed by atoms with Crippen molar-refractivity contribution in [3.63, 3.8) is 0 Å². The molecule has 0 saturated heterocycles. The van der Waals surface area contributed by atoms with Crippen LogP contribution in [-0.2, 0) is 6.54 Å². The van der Waals surface area contributed by atoms with Crippen molar-refractivity contribution in [3.8, 4) is 0 Å². The quantitative estimate of drug-likeness (QED) is 0.865. The average Bonchev–Trinajstić information content (AvgIpc) is 2.74. The minimum Gasteiger partial charge on any atom is -0.345 e. The van der Waals surface area contributed by atoms with Gasteiger partial charge < -0.3 is 5.32 Å². The van der Waals surface area contributed by atoms with Crippen molar-refractivity contribution in [2.24, 2.45) is 0 Å². The molecule has 2 aromatic heterocycles. The molecule has 0 aliphatic heterocycles. The van der Waals surface area contributed by atoms with E-state index in [2.05, 4.69) is 20.3 Å². The predicted molar refractivity (Wildman–Crippen MR) is 60.1 cm³/mol. The first-order valence-electron chi connectivity index (χ1n) is 4.71. The van der Waals surface area contributed by atoms with Gasteiger partial charge in [0.1, 0.15) is 5.69 Å². The van der Waals surface area contributed by atoms with Gasteiger partial charge in [-0.05, 0) is 6.92 Å². The molecule has 0 radical (unpaired) electrons. The highest BCUT2D eigenvalue weighted by Crippen LogP contribution is 2.07. The van der Waals surface area contributed by atoms with Gasteiger partial charge in [-0.1, -0.05) is 0 Å². The molecule has 16 heavy (non-hydrogen) atoms. The fraction of sp³-hybridized carbons (Fsp3) is 0.200. The van der Waals surface area contributed by atoms with Crippen LogP contribution in [0.3, 0.4) is 0 Å². The van der Waals surface area contributed by atoms with Crippen molar-refractivity contribution < 1.29 is 4.79 Å². The van der Waals surface area contributed by atoms with Gasteiger partial charge in [0.25, 0.3) is 5.91 Å². The Morgan fingerprint density at radius 2 is 2.38 bits per heavy atom. The van der Waals surface area contributed by atoms with E-state index in [4.69, 9.17) is 0 Å². The molecule has 0 aliphatic rings. The van der Waals surface area contributed by atoms with E-state index in [1.54, 1.807) is 24.0 Å². The molecule has 0 fully saturated rings. The Labute approximate surface area is 96.6 Å². The van der Waals surface area contributed by atoms with Gasteiger partial charge in [0, 0.05) is 17.8 Å². The summed E-state index contributed by atoms with van der Waals surface area (Å²) in [7, 11) is 0. The fourth-order valence-corrected chi connectivity index (χ4v) is 1.74. The summed E-state index contributed by atoms with van der Waals surface area (Å²) in [5.41, 5.74) is 1.18. The van der Waals surface area contributed by atoms with Crippen molar-refractivity contribution in [3.05, 3.63) is 40.4 Å². The third kappa shape index (κ3) is 2.60. The van der Waals surface area contributed by atoms with Crippen LogP contribution in [0, 0.1) is 6.92 Å². The Bertz CT molecular complexity index is 483. The number of hydrogen-bond acceptors (Lipinski definition) is 5. The van der Waals surface area contributed by atoms with E-state index in [9.17, 15) is 4.79 Å². The second-order valence-electron chi connectivity index (χ2n) is 3.13. The molecule has 0 spiro atoms. The highest BCUT2D eigenvalue weighted by atomic mass is 32.1. The lowest BCUT2D eigenvalue weighted by Gasteiger charge is -2.01. The summed E-state index contributed by atoms with van der Waals surface area (Å²) < 4.78 is 0. The molecule has 1 N–H and O–H groups in total. The third-order valence-corrected chi connectivity index (χ3v) is 2.67. The Balaban J connectivity index is 1.94. The Morgan fingerprint density at radius 3 is 3.00 bits per heavy atom. The number of nitrogens with zero attached hydrogens (tertiary/aromatic N) is 3. The van der Waals surface area contributed by atoms with E-state index in [1.807, 2.05) is 6.92 Å². The zero-order valence-corrected chi connectivity index (χ0v) is 9.49. The maximum absolute atomic E-state index is 11.6. The van der Waals surface area contributed by atoms with E-state index < -0.39 is 0 Å². The second-order valence-corrected chi connectivity index (χ2v) is 4.19. The maximum atomic E-state index is 11.6. The normalized spacial score (nSPS) is 10.1. The van der Waals surface area contributed by atoms with Gasteiger partial charge in [0.05, 0.1) is 23.4 Å². The molecular weight excluding hydrogens is 224 g/mol. The second kappa shape index (κ2) is 4.80. The first-order valence-corrected chi connectivity index (χ1v) is 5.59. The summed E-state index contributed by atoms with van der Waals surface area (Å²) in [5, 5.41) is 5.35. The number of carbonyl (C=O) groups is 1. The number of nitrogens with one attached hydrogen (secondary N) is 1. The van der Waals surface area contributed by atoms with Crippen molar-refractivity contribution in [2.75, 3.05) is 0 Å². The lowest BCUT2D eigenvalue weighted by molar-refractivity contribution is 0.0946. The van der Waals surface area contributed by atoms with Crippen LogP contribution < -0.4 is 5.32 Å². The minimum atomic E-state index is -0.185. The summed E-state index contributed by atoms with van der Waals surface area (Å²) in [4.78, 5) is 23.7. The summed E-state index contributed by atoms with van der Waals surface area (Å²) >= 11 is 1.45. The van der Waals surface area contributed by atoms with Crippen molar-refractivity contribution in [2.45, 2.75) is 13.5 Å². The number of aryl methyl sites for hydroxylation is 1. The van der Waals surface area contributed by atoms with Gasteiger partial charge in [-0.15, -0.1) is 11.3 Å². The number of carbonyl (C=O) groups excluding carboxylic acids is 1. The molecule has 0 saturated carbocycles. The Hall–Kier alpha value is -1.82. The van der Waals surface area contributed by atoms with Crippen LogP contribution in [0.2, 0.25) is 0 Å². The standard InChI is InChI=1S/C10H10N4OS/c1-7-14-9(6-16-7)10(15)13-5-8-4-11-2-3-12-8/h2-4,6H,5H2,1H3,(H,13,15). The van der Waals surface area contributed by atoms with Crippen LogP contribution in [0.5, 0.6) is 0 Å². The van der Waals surface area contributed by atoms with E-state index >= 15 is 0 Å². The smallest absolute Gasteiger partial charge is 0.271 e. The molecule has 2 aromatic rings. The fourth-order valence-electron chi connectivity index (χ4n) is 1.15. The van der Waals surface area contributed by atoms with Crippen LogP contribution in [0.4, 0.5) is 0 Å². The highest BCUT2D eigenvalue weighted by molar-refractivity contribution is 7.09. The number of hydrogen-bond donors (Lipinski definition) is 1. The molecule has 0 atom stereocenters. The van der Waals surface area contributed by atoms with Crippen molar-refractivity contribution in [1.29, 1.82) is 0 Å². The predicted octanol–water partition coefficient (Wildman–Crippen LogP) is 1.17. The zero-order chi connectivity index (χ0) is 11.4. The number of amides is 1. The van der Waals surface area contributed by atoms with Gasteiger partial charge >= 0.3 is 0 Å². The minimum absolute atomic E-state index is 0.185. The SMILES string of the molecule is Cc1nc(C(=O)NCc2cnccn2)cs1. The molecule has 1 amide bonds. The summed E-state index contributed by atoms with van der Waals surface area (Å²) in [6, 6.07) is 0. The lowest BCUT2D eigenvalue weighted by Crippen LogP contribution is -2.23. The van der Waals surface area contributed by atoms with Crippen LogP contribution >= 0.6 is 11.3 Å². The number of aromatic nitrogens is 3. The van der Waals surface area contributed by atoms with E-state index in [-0.39, 0.29) is 5.91 Å². The molecular formula is C10H10N4OS. The summed E-state index contributed by atoms with van der Waals surface area (Å²) in [6.07, 6.45) is 4.80. The largest absolute Gasteiger partial charge is 0.345 e. The molecule has 2 heterocycles. The number of thiazole rings is 1. The monoisotopic (exact) mass is 234 g/mol. The first-order chi connectivity index (χ1) is 7.75. The van der Waals surface area contributed by atoms with E-state index in [1.165, 1.54) is 11.3 Å². The summed E-state index contributed by atoms with van der Waals surface area (Å²) in [5.74, 6) is -0.185. The molecule has 2 rings (SSSR count). The Morgan fingerprint density at radius 1 is 1.50 bits per heavy atom. The molecule has 0 aromatic carbocycles. The molecule has 0 aliphatic carbocycles. The van der Waals surface area contributed by atoms with Gasteiger partial charge in [-0.2, -0.15) is 0 Å². The molecule has 5 nitrogen and oxygen atoms in total. The average molecular weight is 234 g/mol. The lowest BCUT2D eigenvalue weighted by atomic mass is 10.4. The van der Waals surface area contributed by atoms with Crippen LogP contribution in [0.25, 0.3) is 0 Å². The van der Waals surface area contributed by atoms with Crippen LogP contribution in [0.1, 0.15) is 21.2 Å². The van der Waals surface area contributed by atoms with Gasteiger partial charge in [0.2, 0.25) is 0 Å². The maximum Gasteiger partial charge on any atom is 0.271 e. The molecule has 82 valence electrons. The van der Waals surface area contributed by atoms with E-state index in [0.717, 1.165) is 10.7 Å². The van der Waals surface area contributed by atoms with Crippen LogP contribution in [-0.4, -0.2) is 20.9 Å². The van der Waals surface area contributed by atoms with Gasteiger partial charge in [0.15, 0.2) is 0 Å². The highest BCUT2D eigenvalue weighted by Gasteiger charge is 2.08. The topological polar surface area (TPSA) is 67.8 Å². The molecule has 0 unspecified atom stereocenters. The number of rotatable bonds is 3. The van der Waals surface area contributed by atoms with Crippen molar-refractivity contribution >= 4 is 17.2 Å².